The van der Waals surface area contributed by atoms with Crippen LogP contribution in [-0.2, 0) is 9.59 Å². The first-order chi connectivity index (χ1) is 12.8. The molecule has 0 aliphatic heterocycles. The highest BCUT2D eigenvalue weighted by Gasteiger charge is 2.60. The van der Waals surface area contributed by atoms with E-state index in [1.165, 1.54) is 6.42 Å². The normalized spacial score (nSPS) is 35.3. The van der Waals surface area contributed by atoms with E-state index in [2.05, 4.69) is 15.5 Å². The molecule has 6 heteroatoms. The van der Waals surface area contributed by atoms with Gasteiger partial charge in [-0.1, -0.05) is 0 Å². The zero-order valence-electron chi connectivity index (χ0n) is 16.6. The van der Waals surface area contributed by atoms with Gasteiger partial charge in [-0.3, -0.25) is 14.5 Å². The number of amides is 2. The van der Waals surface area contributed by atoms with Gasteiger partial charge >= 0.3 is 0 Å². The summed E-state index contributed by atoms with van der Waals surface area (Å²) in [7, 11) is 3.99. The van der Waals surface area contributed by atoms with Crippen LogP contribution in [-0.4, -0.2) is 42.9 Å². The van der Waals surface area contributed by atoms with Crippen LogP contribution in [0.15, 0.2) is 22.8 Å². The summed E-state index contributed by atoms with van der Waals surface area (Å²) in [5.41, 5.74) is -0.498. The van der Waals surface area contributed by atoms with Gasteiger partial charge in [0.1, 0.15) is 5.76 Å². The molecule has 0 radical (unpaired) electrons. The molecule has 4 aliphatic carbocycles. The van der Waals surface area contributed by atoms with Crippen LogP contribution in [0, 0.1) is 17.3 Å². The van der Waals surface area contributed by atoms with E-state index in [9.17, 15) is 9.59 Å². The number of carbonyl (C=O) groups is 2. The van der Waals surface area contributed by atoms with E-state index >= 15 is 0 Å². The summed E-state index contributed by atoms with van der Waals surface area (Å²) in [4.78, 5) is 27.2. The lowest BCUT2D eigenvalue weighted by Crippen LogP contribution is -2.65. The maximum Gasteiger partial charge on any atom is 0.226 e. The van der Waals surface area contributed by atoms with Gasteiger partial charge in [-0.25, -0.2) is 0 Å². The summed E-state index contributed by atoms with van der Waals surface area (Å²) >= 11 is 0. The SMILES string of the molecule is CC(=O)NC12CC3CC(C1)CC(C(=O)NCC(c1ccco1)N(C)C)(C3)C2. The smallest absolute Gasteiger partial charge is 0.226 e. The quantitative estimate of drug-likeness (QED) is 0.803. The Morgan fingerprint density at radius 3 is 2.52 bits per heavy atom. The molecule has 3 unspecified atom stereocenters. The number of likely N-dealkylation sites (N-methyl/N-ethyl adjacent to an activating group) is 1. The van der Waals surface area contributed by atoms with Crippen LogP contribution in [0.1, 0.15) is 57.3 Å². The fraction of sp³-hybridized carbons (Fsp3) is 0.714. The highest BCUT2D eigenvalue weighted by molar-refractivity contribution is 5.84. The van der Waals surface area contributed by atoms with Crippen LogP contribution in [0.4, 0.5) is 0 Å². The zero-order valence-corrected chi connectivity index (χ0v) is 16.6. The van der Waals surface area contributed by atoms with Crippen molar-refractivity contribution in [2.45, 2.75) is 57.0 Å². The third kappa shape index (κ3) is 3.40. The summed E-state index contributed by atoms with van der Waals surface area (Å²) in [6.45, 7) is 2.12. The monoisotopic (exact) mass is 373 g/mol. The van der Waals surface area contributed by atoms with Crippen molar-refractivity contribution in [3.05, 3.63) is 24.2 Å². The van der Waals surface area contributed by atoms with E-state index < -0.39 is 0 Å². The topological polar surface area (TPSA) is 74.6 Å². The Hall–Kier alpha value is -1.82. The van der Waals surface area contributed by atoms with Crippen LogP contribution < -0.4 is 10.6 Å². The Balaban J connectivity index is 1.49. The van der Waals surface area contributed by atoms with Gasteiger partial charge in [0.2, 0.25) is 11.8 Å². The van der Waals surface area contributed by atoms with E-state index in [1.807, 2.05) is 26.2 Å². The molecule has 2 N–H and O–H groups in total. The lowest BCUT2D eigenvalue weighted by Gasteiger charge is -2.61. The highest BCUT2D eigenvalue weighted by atomic mass is 16.3. The predicted octanol–water partition coefficient (Wildman–Crippen LogP) is 2.47. The van der Waals surface area contributed by atoms with E-state index in [0.717, 1.165) is 37.9 Å². The number of rotatable bonds is 6. The minimum absolute atomic E-state index is 0.0159. The Morgan fingerprint density at radius 2 is 1.96 bits per heavy atom. The van der Waals surface area contributed by atoms with Crippen LogP contribution in [0.2, 0.25) is 0 Å². The first kappa shape index (κ1) is 18.5. The summed E-state index contributed by atoms with van der Waals surface area (Å²) < 4.78 is 5.56. The second-order valence-corrected chi connectivity index (χ2v) is 9.41. The standard InChI is InChI=1S/C21H31N3O3/c1-14(25)23-21-10-15-7-16(11-21)9-20(8-15,13-21)19(26)22-12-17(24(2)3)18-5-4-6-27-18/h4-6,15-17H,7-13H2,1-3H3,(H,22,26)(H,23,25). The molecule has 1 heterocycles. The van der Waals surface area contributed by atoms with Gasteiger partial charge in [0.25, 0.3) is 0 Å². The molecule has 1 aromatic rings. The van der Waals surface area contributed by atoms with Crippen LogP contribution in [0.5, 0.6) is 0 Å². The molecule has 6 nitrogen and oxygen atoms in total. The Bertz CT molecular complexity index is 698. The molecule has 4 fully saturated rings. The molecule has 27 heavy (non-hydrogen) atoms. The van der Waals surface area contributed by atoms with Gasteiger partial charge < -0.3 is 15.1 Å². The second kappa shape index (κ2) is 6.66. The minimum atomic E-state index is -0.327. The van der Waals surface area contributed by atoms with Crippen molar-refractivity contribution in [1.29, 1.82) is 0 Å². The van der Waals surface area contributed by atoms with Crippen molar-refractivity contribution in [3.63, 3.8) is 0 Å². The zero-order chi connectivity index (χ0) is 19.2. The summed E-state index contributed by atoms with van der Waals surface area (Å²) in [6, 6.07) is 3.85. The minimum Gasteiger partial charge on any atom is -0.468 e. The molecule has 148 valence electrons. The lowest BCUT2D eigenvalue weighted by molar-refractivity contribution is -0.153. The van der Waals surface area contributed by atoms with E-state index in [1.54, 1.807) is 13.2 Å². The average Bonchev–Trinajstić information content (AvgIpc) is 3.06. The number of furan rings is 1. The summed E-state index contributed by atoms with van der Waals surface area (Å²) in [5.74, 6) is 2.15. The van der Waals surface area contributed by atoms with Crippen molar-refractivity contribution in [2.75, 3.05) is 20.6 Å². The van der Waals surface area contributed by atoms with Crippen LogP contribution in [0.3, 0.4) is 0 Å². The lowest BCUT2D eigenvalue weighted by atomic mass is 9.46. The Morgan fingerprint density at radius 1 is 1.26 bits per heavy atom. The molecule has 4 saturated carbocycles. The van der Waals surface area contributed by atoms with Crippen molar-refractivity contribution >= 4 is 11.8 Å². The van der Waals surface area contributed by atoms with E-state index in [0.29, 0.717) is 18.4 Å². The van der Waals surface area contributed by atoms with Crippen molar-refractivity contribution in [2.24, 2.45) is 17.3 Å². The molecule has 4 bridgehead atoms. The fourth-order valence-corrected chi connectivity index (χ4v) is 6.44. The molecule has 3 atom stereocenters. The van der Waals surface area contributed by atoms with E-state index in [-0.39, 0.29) is 28.8 Å². The molecule has 4 aliphatic rings. The predicted molar refractivity (Wildman–Crippen MR) is 102 cm³/mol. The number of hydrogen-bond donors (Lipinski definition) is 2. The molecule has 0 saturated heterocycles. The number of carbonyl (C=O) groups excluding carboxylic acids is 2. The summed E-state index contributed by atoms with van der Waals surface area (Å²) in [6.07, 6.45) is 7.66. The van der Waals surface area contributed by atoms with Crippen molar-refractivity contribution in [1.82, 2.24) is 15.5 Å². The fourth-order valence-electron chi connectivity index (χ4n) is 6.44. The number of nitrogens with one attached hydrogen (secondary N) is 2. The third-order valence-electron chi connectivity index (χ3n) is 6.93. The molecule has 1 aromatic heterocycles. The van der Waals surface area contributed by atoms with Gasteiger partial charge in [0.15, 0.2) is 0 Å². The maximum absolute atomic E-state index is 13.3. The maximum atomic E-state index is 13.3. The molecule has 2 amide bonds. The molecule has 0 spiro atoms. The second-order valence-electron chi connectivity index (χ2n) is 9.41. The first-order valence-corrected chi connectivity index (χ1v) is 10.1. The largest absolute Gasteiger partial charge is 0.468 e. The first-order valence-electron chi connectivity index (χ1n) is 10.1. The van der Waals surface area contributed by atoms with Gasteiger partial charge in [0, 0.05) is 19.0 Å². The van der Waals surface area contributed by atoms with Crippen molar-refractivity contribution in [3.8, 4) is 0 Å². The average molecular weight is 373 g/mol. The van der Waals surface area contributed by atoms with Crippen LogP contribution in [0.25, 0.3) is 0 Å². The molecule has 0 aromatic carbocycles. The Labute approximate surface area is 161 Å². The number of hydrogen-bond acceptors (Lipinski definition) is 4. The van der Waals surface area contributed by atoms with Gasteiger partial charge in [-0.2, -0.15) is 0 Å². The third-order valence-corrected chi connectivity index (χ3v) is 6.93. The molecule has 5 rings (SSSR count). The van der Waals surface area contributed by atoms with Crippen molar-refractivity contribution < 1.29 is 14.0 Å². The molecular weight excluding hydrogens is 342 g/mol. The summed E-state index contributed by atoms with van der Waals surface area (Å²) in [5, 5.41) is 6.46. The van der Waals surface area contributed by atoms with Gasteiger partial charge in [-0.15, -0.1) is 0 Å². The van der Waals surface area contributed by atoms with Crippen LogP contribution >= 0.6 is 0 Å². The Kier molecular flexibility index (Phi) is 4.57. The van der Waals surface area contributed by atoms with E-state index in [4.69, 9.17) is 4.42 Å². The highest BCUT2D eigenvalue weighted by Crippen LogP contribution is 2.61. The molecular formula is C21H31N3O3. The number of nitrogens with zero attached hydrogens (tertiary/aromatic N) is 1. The van der Waals surface area contributed by atoms with Gasteiger partial charge in [-0.05, 0) is 76.6 Å². The van der Waals surface area contributed by atoms with Gasteiger partial charge in [0.05, 0.1) is 17.7 Å².